The molecule has 0 aliphatic carbocycles. The van der Waals surface area contributed by atoms with Gasteiger partial charge in [0.1, 0.15) is 0 Å². The zero-order valence-electron chi connectivity index (χ0n) is 11.8. The molecule has 1 saturated heterocycles. The van der Waals surface area contributed by atoms with Crippen molar-refractivity contribution in [1.29, 1.82) is 0 Å². The van der Waals surface area contributed by atoms with E-state index in [4.69, 9.17) is 4.74 Å². The van der Waals surface area contributed by atoms with E-state index in [1.54, 1.807) is 0 Å². The molecule has 2 atom stereocenters. The van der Waals surface area contributed by atoms with Crippen LogP contribution in [0, 0.1) is 0 Å². The summed E-state index contributed by atoms with van der Waals surface area (Å²) in [6.45, 7) is 8.58. The Labute approximate surface area is 111 Å². The lowest BCUT2D eigenvalue weighted by Gasteiger charge is -2.18. The predicted molar refractivity (Wildman–Crippen MR) is 75.9 cm³/mol. The third kappa shape index (κ3) is 3.56. The number of nitrogens with one attached hydrogen (secondary N) is 1. The summed E-state index contributed by atoms with van der Waals surface area (Å²) >= 11 is 0. The Hall–Kier alpha value is -0.860. The van der Waals surface area contributed by atoms with Crippen molar-refractivity contribution in [3.05, 3.63) is 35.4 Å². The Kier molecular flexibility index (Phi) is 4.79. The minimum atomic E-state index is 0.399. The minimum Gasteiger partial charge on any atom is -0.377 e. The van der Waals surface area contributed by atoms with Gasteiger partial charge in [-0.3, -0.25) is 0 Å². The first-order chi connectivity index (χ1) is 8.66. The summed E-state index contributed by atoms with van der Waals surface area (Å²) < 4.78 is 5.63. The van der Waals surface area contributed by atoms with Crippen LogP contribution in [0.3, 0.4) is 0 Å². The van der Waals surface area contributed by atoms with E-state index in [0.717, 1.165) is 13.2 Å². The van der Waals surface area contributed by atoms with E-state index in [1.807, 2.05) is 0 Å². The Morgan fingerprint density at radius 2 is 1.83 bits per heavy atom. The number of hydrogen-bond donors (Lipinski definition) is 1. The average molecular weight is 247 g/mol. The fourth-order valence-corrected chi connectivity index (χ4v) is 2.40. The van der Waals surface area contributed by atoms with Crippen molar-refractivity contribution in [1.82, 2.24) is 5.32 Å². The number of rotatable bonds is 5. The molecular formula is C16H25NO. The Morgan fingerprint density at radius 1 is 1.17 bits per heavy atom. The summed E-state index contributed by atoms with van der Waals surface area (Å²) in [7, 11) is 0. The maximum atomic E-state index is 5.63. The van der Waals surface area contributed by atoms with Crippen molar-refractivity contribution in [3.8, 4) is 0 Å². The summed E-state index contributed by atoms with van der Waals surface area (Å²) in [6.07, 6.45) is 2.83. The first-order valence-electron chi connectivity index (χ1n) is 7.11. The van der Waals surface area contributed by atoms with Crippen LogP contribution in [0.2, 0.25) is 0 Å². The van der Waals surface area contributed by atoms with Gasteiger partial charge in [-0.05, 0) is 36.8 Å². The second-order valence-corrected chi connectivity index (χ2v) is 5.59. The molecule has 1 aromatic rings. The largest absolute Gasteiger partial charge is 0.377 e. The first kappa shape index (κ1) is 13.6. The predicted octanol–water partition coefficient (Wildman–Crippen LogP) is 3.64. The molecule has 1 aliphatic rings. The summed E-state index contributed by atoms with van der Waals surface area (Å²) in [4.78, 5) is 0. The lowest BCUT2D eigenvalue weighted by atomic mass is 9.99. The average Bonchev–Trinajstić information content (AvgIpc) is 2.89. The maximum absolute atomic E-state index is 5.63. The van der Waals surface area contributed by atoms with E-state index >= 15 is 0 Å². The van der Waals surface area contributed by atoms with Gasteiger partial charge in [0.2, 0.25) is 0 Å². The molecule has 1 aliphatic heterocycles. The SMILES string of the molecule is CC(C)c1ccc(C(C)NCC2CCCO2)cc1. The summed E-state index contributed by atoms with van der Waals surface area (Å²) in [6, 6.07) is 9.36. The molecule has 0 amide bonds. The maximum Gasteiger partial charge on any atom is 0.0700 e. The molecule has 2 nitrogen and oxygen atoms in total. The zero-order chi connectivity index (χ0) is 13.0. The molecule has 1 heterocycles. The van der Waals surface area contributed by atoms with Crippen molar-refractivity contribution in [3.63, 3.8) is 0 Å². The molecule has 1 fully saturated rings. The summed E-state index contributed by atoms with van der Waals surface area (Å²) in [5, 5.41) is 3.56. The lowest BCUT2D eigenvalue weighted by molar-refractivity contribution is 0.108. The number of hydrogen-bond acceptors (Lipinski definition) is 2. The molecule has 1 aromatic carbocycles. The van der Waals surface area contributed by atoms with Gasteiger partial charge < -0.3 is 10.1 Å². The highest BCUT2D eigenvalue weighted by molar-refractivity contribution is 5.26. The number of ether oxygens (including phenoxy) is 1. The molecular weight excluding hydrogens is 222 g/mol. The highest BCUT2D eigenvalue weighted by Crippen LogP contribution is 2.19. The quantitative estimate of drug-likeness (QED) is 0.857. The van der Waals surface area contributed by atoms with E-state index < -0.39 is 0 Å². The van der Waals surface area contributed by atoms with Gasteiger partial charge >= 0.3 is 0 Å². The molecule has 1 N–H and O–H groups in total. The van der Waals surface area contributed by atoms with E-state index in [9.17, 15) is 0 Å². The topological polar surface area (TPSA) is 21.3 Å². The van der Waals surface area contributed by atoms with Crippen molar-refractivity contribution < 1.29 is 4.74 Å². The molecule has 0 radical (unpaired) electrons. The fourth-order valence-electron chi connectivity index (χ4n) is 2.40. The van der Waals surface area contributed by atoms with Gasteiger partial charge in [0, 0.05) is 19.2 Å². The third-order valence-corrected chi connectivity index (χ3v) is 3.78. The van der Waals surface area contributed by atoms with Crippen LogP contribution in [0.5, 0.6) is 0 Å². The van der Waals surface area contributed by atoms with Gasteiger partial charge in [0.25, 0.3) is 0 Å². The zero-order valence-corrected chi connectivity index (χ0v) is 11.8. The summed E-state index contributed by atoms with van der Waals surface area (Å²) in [5.41, 5.74) is 2.77. The van der Waals surface area contributed by atoms with Crippen molar-refractivity contribution >= 4 is 0 Å². The van der Waals surface area contributed by atoms with Crippen LogP contribution in [-0.4, -0.2) is 19.3 Å². The van der Waals surface area contributed by atoms with Gasteiger partial charge in [0.05, 0.1) is 6.10 Å². The van der Waals surface area contributed by atoms with Crippen LogP contribution in [0.25, 0.3) is 0 Å². The van der Waals surface area contributed by atoms with Crippen LogP contribution in [0.15, 0.2) is 24.3 Å². The minimum absolute atomic E-state index is 0.399. The van der Waals surface area contributed by atoms with Crippen LogP contribution >= 0.6 is 0 Å². The Balaban J connectivity index is 1.85. The Bertz CT molecular complexity index is 352. The first-order valence-corrected chi connectivity index (χ1v) is 7.11. The van der Waals surface area contributed by atoms with Gasteiger partial charge in [-0.15, -0.1) is 0 Å². The highest BCUT2D eigenvalue weighted by atomic mass is 16.5. The highest BCUT2D eigenvalue weighted by Gasteiger charge is 2.16. The standard InChI is InChI=1S/C16H25NO/c1-12(2)14-6-8-15(9-7-14)13(3)17-11-16-5-4-10-18-16/h6-9,12-13,16-17H,4-5,10-11H2,1-3H3. The molecule has 0 bridgehead atoms. The molecule has 2 heteroatoms. The van der Waals surface area contributed by atoms with Gasteiger partial charge in [-0.25, -0.2) is 0 Å². The molecule has 2 unspecified atom stereocenters. The fraction of sp³-hybridized carbons (Fsp3) is 0.625. The normalized spacial score (nSPS) is 21.4. The molecule has 100 valence electrons. The van der Waals surface area contributed by atoms with Crippen molar-refractivity contribution in [2.75, 3.05) is 13.2 Å². The second kappa shape index (κ2) is 6.35. The van der Waals surface area contributed by atoms with Gasteiger partial charge in [-0.2, -0.15) is 0 Å². The molecule has 0 saturated carbocycles. The molecule has 0 aromatic heterocycles. The van der Waals surface area contributed by atoms with Crippen LogP contribution in [-0.2, 0) is 4.74 Å². The lowest BCUT2D eigenvalue weighted by Crippen LogP contribution is -2.28. The Morgan fingerprint density at radius 3 is 2.39 bits per heavy atom. The van der Waals surface area contributed by atoms with E-state index in [2.05, 4.69) is 50.4 Å². The third-order valence-electron chi connectivity index (χ3n) is 3.78. The van der Waals surface area contributed by atoms with Gasteiger partial charge in [0.15, 0.2) is 0 Å². The van der Waals surface area contributed by atoms with Crippen LogP contribution in [0.1, 0.15) is 56.7 Å². The molecule has 18 heavy (non-hydrogen) atoms. The monoisotopic (exact) mass is 247 g/mol. The van der Waals surface area contributed by atoms with E-state index in [-0.39, 0.29) is 0 Å². The second-order valence-electron chi connectivity index (χ2n) is 5.59. The molecule has 0 spiro atoms. The van der Waals surface area contributed by atoms with E-state index in [0.29, 0.717) is 18.1 Å². The van der Waals surface area contributed by atoms with Gasteiger partial charge in [-0.1, -0.05) is 38.1 Å². The number of benzene rings is 1. The van der Waals surface area contributed by atoms with Crippen LogP contribution < -0.4 is 5.32 Å². The molecule has 2 rings (SSSR count). The smallest absolute Gasteiger partial charge is 0.0700 e. The van der Waals surface area contributed by atoms with Crippen LogP contribution in [0.4, 0.5) is 0 Å². The van der Waals surface area contributed by atoms with E-state index in [1.165, 1.54) is 24.0 Å². The van der Waals surface area contributed by atoms with Crippen molar-refractivity contribution in [2.45, 2.75) is 51.7 Å². The summed E-state index contributed by atoms with van der Waals surface area (Å²) in [5.74, 6) is 0.606. The van der Waals surface area contributed by atoms with Crippen molar-refractivity contribution in [2.24, 2.45) is 0 Å².